The summed E-state index contributed by atoms with van der Waals surface area (Å²) in [6.45, 7) is 4.28. The molecule has 0 radical (unpaired) electrons. The number of benzene rings is 1. The number of fused-ring (bicyclic) bond motifs is 1. The Bertz CT molecular complexity index is 868. The summed E-state index contributed by atoms with van der Waals surface area (Å²) in [5.74, 6) is -0.125. The molecule has 2 aromatic rings. The third-order valence-corrected chi connectivity index (χ3v) is 6.51. The molecule has 0 spiro atoms. The van der Waals surface area contributed by atoms with Crippen molar-refractivity contribution in [3.05, 3.63) is 51.4 Å². The summed E-state index contributed by atoms with van der Waals surface area (Å²) in [5, 5.41) is 3.75. The van der Waals surface area contributed by atoms with Crippen molar-refractivity contribution in [3.8, 4) is 0 Å². The number of nitrogens with one attached hydrogen (secondary N) is 1. The molecular formula is C21H24N2O3S. The Balaban J connectivity index is 1.67. The summed E-state index contributed by atoms with van der Waals surface area (Å²) < 4.78 is 5.38. The van der Waals surface area contributed by atoms with Crippen LogP contribution in [0.3, 0.4) is 0 Å². The molecule has 1 aromatic carbocycles. The minimum atomic E-state index is -0.150. The van der Waals surface area contributed by atoms with E-state index in [9.17, 15) is 9.59 Å². The molecule has 1 N–H and O–H groups in total. The first-order valence-electron chi connectivity index (χ1n) is 9.53. The lowest BCUT2D eigenvalue weighted by molar-refractivity contribution is 0.0303. The predicted molar refractivity (Wildman–Crippen MR) is 107 cm³/mol. The smallest absolute Gasteiger partial charge is 0.257 e. The van der Waals surface area contributed by atoms with Crippen LogP contribution < -0.4 is 5.32 Å². The molecule has 2 aliphatic rings. The lowest BCUT2D eigenvalue weighted by Gasteiger charge is -2.27. The van der Waals surface area contributed by atoms with Gasteiger partial charge in [-0.05, 0) is 49.8 Å². The number of carbonyl (C=O) groups is 2. The molecule has 0 atom stereocenters. The molecule has 1 fully saturated rings. The molecule has 0 saturated carbocycles. The van der Waals surface area contributed by atoms with Crippen LogP contribution in [0.2, 0.25) is 0 Å². The topological polar surface area (TPSA) is 58.6 Å². The number of nitrogens with zero attached hydrogens (tertiary/aromatic N) is 1. The molecule has 4 rings (SSSR count). The predicted octanol–water partition coefficient (Wildman–Crippen LogP) is 3.66. The van der Waals surface area contributed by atoms with Gasteiger partial charge in [0.2, 0.25) is 0 Å². The third-order valence-electron chi connectivity index (χ3n) is 5.30. The number of hydrogen-bond donors (Lipinski definition) is 1. The second kappa shape index (κ2) is 7.82. The highest BCUT2D eigenvalue weighted by atomic mass is 32.1. The van der Waals surface area contributed by atoms with Gasteiger partial charge in [0.15, 0.2) is 0 Å². The molecular weight excluding hydrogens is 360 g/mol. The second-order valence-corrected chi connectivity index (χ2v) is 8.19. The van der Waals surface area contributed by atoms with Crippen LogP contribution >= 0.6 is 11.3 Å². The molecule has 1 aliphatic carbocycles. The van der Waals surface area contributed by atoms with E-state index in [1.165, 1.54) is 4.88 Å². The molecule has 2 amide bonds. The van der Waals surface area contributed by atoms with Crippen molar-refractivity contribution in [2.75, 3.05) is 31.6 Å². The van der Waals surface area contributed by atoms with Crippen LogP contribution in [-0.4, -0.2) is 43.0 Å². The number of amides is 2. The minimum Gasteiger partial charge on any atom is -0.378 e. The lowest BCUT2D eigenvalue weighted by atomic mass is 9.95. The van der Waals surface area contributed by atoms with Crippen LogP contribution in [0.5, 0.6) is 0 Å². The maximum Gasteiger partial charge on any atom is 0.257 e. The molecule has 27 heavy (non-hydrogen) atoms. The van der Waals surface area contributed by atoms with E-state index in [2.05, 4.69) is 5.32 Å². The molecule has 1 aromatic heterocycles. The van der Waals surface area contributed by atoms with Crippen molar-refractivity contribution in [1.82, 2.24) is 4.90 Å². The molecule has 0 bridgehead atoms. The van der Waals surface area contributed by atoms with Gasteiger partial charge in [0.25, 0.3) is 11.8 Å². The zero-order valence-corrected chi connectivity index (χ0v) is 16.4. The summed E-state index contributed by atoms with van der Waals surface area (Å²) in [4.78, 5) is 29.2. The Kier molecular flexibility index (Phi) is 5.27. The highest BCUT2D eigenvalue weighted by molar-refractivity contribution is 7.17. The molecule has 0 unspecified atom stereocenters. The first-order chi connectivity index (χ1) is 13.1. The van der Waals surface area contributed by atoms with Crippen LogP contribution in [0.25, 0.3) is 0 Å². The van der Waals surface area contributed by atoms with Gasteiger partial charge < -0.3 is 15.0 Å². The van der Waals surface area contributed by atoms with Crippen LogP contribution in [0.4, 0.5) is 5.00 Å². The van der Waals surface area contributed by atoms with Gasteiger partial charge in [-0.3, -0.25) is 9.59 Å². The van der Waals surface area contributed by atoms with Crippen LogP contribution in [-0.2, 0) is 17.6 Å². The highest BCUT2D eigenvalue weighted by Gasteiger charge is 2.30. The average molecular weight is 385 g/mol. The molecule has 2 heterocycles. The maximum absolute atomic E-state index is 13.3. The fraction of sp³-hybridized carbons (Fsp3) is 0.429. The second-order valence-electron chi connectivity index (χ2n) is 7.09. The maximum atomic E-state index is 13.3. The third kappa shape index (κ3) is 3.64. The van der Waals surface area contributed by atoms with Crippen molar-refractivity contribution in [2.45, 2.75) is 32.6 Å². The monoisotopic (exact) mass is 384 g/mol. The standard InChI is InChI=1S/C21H24N2O3S/c1-14-6-2-3-7-15(14)19(24)22-20-18(16-8-4-5-9-17(16)27-20)21(25)23-10-12-26-13-11-23/h2-3,6-7H,4-5,8-13H2,1H3,(H,22,24). The number of carbonyl (C=O) groups excluding carboxylic acids is 2. The number of hydrogen-bond acceptors (Lipinski definition) is 4. The van der Waals surface area contributed by atoms with Crippen molar-refractivity contribution >= 4 is 28.2 Å². The largest absolute Gasteiger partial charge is 0.378 e. The van der Waals surface area contributed by atoms with E-state index in [1.807, 2.05) is 36.1 Å². The Labute approximate surface area is 163 Å². The van der Waals surface area contributed by atoms with Gasteiger partial charge in [0.05, 0.1) is 18.8 Å². The van der Waals surface area contributed by atoms with E-state index in [0.29, 0.717) is 42.4 Å². The number of anilines is 1. The zero-order valence-electron chi connectivity index (χ0n) is 15.5. The van der Waals surface area contributed by atoms with Gasteiger partial charge >= 0.3 is 0 Å². The normalized spacial score (nSPS) is 16.7. The Morgan fingerprint density at radius 1 is 1.11 bits per heavy atom. The quantitative estimate of drug-likeness (QED) is 0.879. The Morgan fingerprint density at radius 2 is 1.85 bits per heavy atom. The van der Waals surface area contributed by atoms with Crippen LogP contribution in [0, 0.1) is 6.92 Å². The fourth-order valence-electron chi connectivity index (χ4n) is 3.80. The summed E-state index contributed by atoms with van der Waals surface area (Å²) in [6, 6.07) is 7.53. The van der Waals surface area contributed by atoms with Crippen molar-refractivity contribution in [1.29, 1.82) is 0 Å². The number of morpholine rings is 1. The SMILES string of the molecule is Cc1ccccc1C(=O)Nc1sc2c(c1C(=O)N1CCOCC1)CCCC2. The van der Waals surface area contributed by atoms with Gasteiger partial charge in [-0.15, -0.1) is 11.3 Å². The lowest BCUT2D eigenvalue weighted by Crippen LogP contribution is -2.41. The van der Waals surface area contributed by atoms with Crippen LogP contribution in [0.15, 0.2) is 24.3 Å². The number of thiophene rings is 1. The molecule has 1 saturated heterocycles. The van der Waals surface area contributed by atoms with E-state index in [4.69, 9.17) is 4.74 Å². The van der Waals surface area contributed by atoms with E-state index in [0.717, 1.165) is 36.8 Å². The van der Waals surface area contributed by atoms with E-state index in [-0.39, 0.29) is 11.8 Å². The first-order valence-corrected chi connectivity index (χ1v) is 10.4. The highest BCUT2D eigenvalue weighted by Crippen LogP contribution is 2.39. The summed E-state index contributed by atoms with van der Waals surface area (Å²) in [5.41, 5.74) is 3.42. The Morgan fingerprint density at radius 3 is 2.63 bits per heavy atom. The van der Waals surface area contributed by atoms with Crippen molar-refractivity contribution in [3.63, 3.8) is 0 Å². The van der Waals surface area contributed by atoms with Gasteiger partial charge in [-0.1, -0.05) is 18.2 Å². The molecule has 6 heteroatoms. The Hall–Kier alpha value is -2.18. The fourth-order valence-corrected chi connectivity index (χ4v) is 5.08. The van der Waals surface area contributed by atoms with E-state index >= 15 is 0 Å². The molecule has 1 aliphatic heterocycles. The number of rotatable bonds is 3. The van der Waals surface area contributed by atoms with Crippen molar-refractivity contribution in [2.24, 2.45) is 0 Å². The van der Waals surface area contributed by atoms with Gasteiger partial charge in [-0.25, -0.2) is 0 Å². The molecule has 5 nitrogen and oxygen atoms in total. The number of ether oxygens (including phenoxy) is 1. The van der Waals surface area contributed by atoms with Gasteiger partial charge in [0.1, 0.15) is 5.00 Å². The van der Waals surface area contributed by atoms with Crippen molar-refractivity contribution < 1.29 is 14.3 Å². The van der Waals surface area contributed by atoms with Gasteiger partial charge in [0, 0.05) is 23.5 Å². The van der Waals surface area contributed by atoms with E-state index < -0.39 is 0 Å². The molecule has 142 valence electrons. The summed E-state index contributed by atoms with van der Waals surface area (Å²) in [7, 11) is 0. The summed E-state index contributed by atoms with van der Waals surface area (Å²) in [6.07, 6.45) is 4.14. The summed E-state index contributed by atoms with van der Waals surface area (Å²) >= 11 is 1.57. The minimum absolute atomic E-state index is 0.0257. The average Bonchev–Trinajstić information content (AvgIpc) is 3.06. The van der Waals surface area contributed by atoms with Crippen LogP contribution in [0.1, 0.15) is 49.6 Å². The number of aryl methyl sites for hydroxylation is 2. The van der Waals surface area contributed by atoms with E-state index in [1.54, 1.807) is 11.3 Å². The van der Waals surface area contributed by atoms with Gasteiger partial charge in [-0.2, -0.15) is 0 Å². The first kappa shape index (κ1) is 18.2. The zero-order chi connectivity index (χ0) is 18.8.